The predicted octanol–water partition coefficient (Wildman–Crippen LogP) is 4.61. The van der Waals surface area contributed by atoms with Gasteiger partial charge in [-0.25, -0.2) is 0 Å². The highest BCUT2D eigenvalue weighted by Gasteiger charge is 2.70. The van der Waals surface area contributed by atoms with E-state index in [1.165, 1.54) is 6.92 Å². The van der Waals surface area contributed by atoms with Crippen LogP contribution in [-0.4, -0.2) is 23.1 Å². The summed E-state index contributed by atoms with van der Waals surface area (Å²) in [5.74, 6) is 1.27. The van der Waals surface area contributed by atoms with Crippen molar-refractivity contribution in [3.05, 3.63) is 22.8 Å². The van der Waals surface area contributed by atoms with Gasteiger partial charge >= 0.3 is 5.97 Å². The van der Waals surface area contributed by atoms with Crippen molar-refractivity contribution in [2.24, 2.45) is 40.4 Å². The Morgan fingerprint density at radius 1 is 1.10 bits per heavy atom. The lowest BCUT2D eigenvalue weighted by Gasteiger charge is -2.57. The molecule has 5 rings (SSSR count). The zero-order chi connectivity index (χ0) is 20.9. The third-order valence-electron chi connectivity index (χ3n) is 9.50. The molecule has 0 radical (unpaired) electrons. The van der Waals surface area contributed by atoms with Crippen LogP contribution >= 0.6 is 11.6 Å². The van der Waals surface area contributed by atoms with E-state index in [1.807, 2.05) is 6.08 Å². The highest BCUT2D eigenvalue weighted by Crippen LogP contribution is 2.72. The van der Waals surface area contributed by atoms with Crippen LogP contribution in [0.15, 0.2) is 22.8 Å². The number of ketones is 2. The summed E-state index contributed by atoms with van der Waals surface area (Å²) in [6.45, 7) is 7.42. The molecule has 0 unspecified atom stereocenters. The molecule has 0 aliphatic heterocycles. The van der Waals surface area contributed by atoms with Gasteiger partial charge in [0.2, 0.25) is 0 Å². The smallest absolute Gasteiger partial charge is 0.303 e. The van der Waals surface area contributed by atoms with Gasteiger partial charge in [0, 0.05) is 28.7 Å². The van der Waals surface area contributed by atoms with E-state index < -0.39 is 5.60 Å². The Balaban J connectivity index is 1.60. The fraction of sp³-hybridized carbons (Fsp3) is 0.708. The van der Waals surface area contributed by atoms with Crippen molar-refractivity contribution in [2.75, 3.05) is 0 Å². The Bertz CT molecular complexity index is 903. The van der Waals surface area contributed by atoms with Gasteiger partial charge in [0.15, 0.2) is 17.2 Å². The van der Waals surface area contributed by atoms with Crippen LogP contribution in [0.4, 0.5) is 0 Å². The molecule has 5 heteroatoms. The molecule has 0 amide bonds. The van der Waals surface area contributed by atoms with E-state index in [9.17, 15) is 14.4 Å². The monoisotopic (exact) mass is 416 g/mol. The third kappa shape index (κ3) is 2.24. The van der Waals surface area contributed by atoms with Crippen molar-refractivity contribution in [3.63, 3.8) is 0 Å². The molecule has 0 aromatic rings. The van der Waals surface area contributed by atoms with E-state index in [0.717, 1.165) is 31.3 Å². The zero-order valence-corrected chi connectivity index (χ0v) is 18.3. The first kappa shape index (κ1) is 19.5. The number of hydrogen-bond acceptors (Lipinski definition) is 4. The van der Waals surface area contributed by atoms with Gasteiger partial charge in [-0.15, -0.1) is 0 Å². The van der Waals surface area contributed by atoms with Crippen molar-refractivity contribution < 1.29 is 19.1 Å². The number of hydrogen-bond donors (Lipinski definition) is 0. The number of fused-ring (bicyclic) bond motifs is 7. The maximum absolute atomic E-state index is 12.8. The molecule has 0 aromatic heterocycles. The molecule has 0 bridgehead atoms. The number of rotatable bonds is 2. The summed E-state index contributed by atoms with van der Waals surface area (Å²) in [6, 6.07) is 0. The summed E-state index contributed by atoms with van der Waals surface area (Å²) in [7, 11) is 0. The first-order valence-corrected chi connectivity index (χ1v) is 11.3. The number of ether oxygens (including phenoxy) is 1. The van der Waals surface area contributed by atoms with E-state index in [0.29, 0.717) is 23.3 Å². The van der Waals surface area contributed by atoms with E-state index in [1.54, 1.807) is 6.92 Å². The van der Waals surface area contributed by atoms with Gasteiger partial charge in [-0.3, -0.25) is 14.4 Å². The van der Waals surface area contributed by atoms with Gasteiger partial charge < -0.3 is 4.74 Å². The Morgan fingerprint density at radius 2 is 1.79 bits per heavy atom. The molecule has 4 nitrogen and oxygen atoms in total. The van der Waals surface area contributed by atoms with Gasteiger partial charge in [0.1, 0.15) is 0 Å². The lowest BCUT2D eigenvalue weighted by molar-refractivity contribution is -0.185. The van der Waals surface area contributed by atoms with Gasteiger partial charge in [0.05, 0.1) is 0 Å². The van der Waals surface area contributed by atoms with Crippen molar-refractivity contribution >= 4 is 29.1 Å². The molecule has 0 N–H and O–H groups in total. The Morgan fingerprint density at radius 3 is 2.45 bits per heavy atom. The molecule has 3 saturated carbocycles. The SMILES string of the molecule is CC(=O)O[C@]1(C(C)=O)CC[C@@H]2[C@@H]3C=C(Cl)C4=CC(=O)[C@@H]5C[C@@H]5[C@@]4(C)[C@H]3CC[C@@]21C. The average molecular weight is 417 g/mol. The normalized spacial score (nSPS) is 49.7. The molecule has 156 valence electrons. The van der Waals surface area contributed by atoms with E-state index >= 15 is 0 Å². The maximum atomic E-state index is 12.8. The summed E-state index contributed by atoms with van der Waals surface area (Å²) in [4.78, 5) is 37.1. The number of halogens is 1. The highest BCUT2D eigenvalue weighted by atomic mass is 35.5. The standard InChI is InChI=1S/C24H29ClO4/c1-12(26)24(29-13(2)27)8-6-16-14-10-20(25)19-11-21(28)15-9-18(15)23(19,4)17(14)5-7-22(16,24)3/h10-11,14-18H,5-9H2,1-4H3/t14-,15+,16+,17-,18-,22-,23+,24-/m0/s1. The van der Waals surface area contributed by atoms with Crippen LogP contribution in [0.25, 0.3) is 0 Å². The second kappa shape index (κ2) is 5.84. The van der Waals surface area contributed by atoms with Crippen LogP contribution in [0.5, 0.6) is 0 Å². The zero-order valence-electron chi connectivity index (χ0n) is 17.6. The number of allylic oxidation sites excluding steroid dienone is 4. The molecule has 0 saturated heterocycles. The van der Waals surface area contributed by atoms with Crippen LogP contribution in [0, 0.1) is 40.4 Å². The summed E-state index contributed by atoms with van der Waals surface area (Å²) in [5, 5.41) is 0.713. The lowest BCUT2D eigenvalue weighted by atomic mass is 9.47. The molecule has 0 aromatic carbocycles. The topological polar surface area (TPSA) is 60.4 Å². The fourth-order valence-corrected chi connectivity index (χ4v) is 8.43. The predicted molar refractivity (Wildman–Crippen MR) is 109 cm³/mol. The second-order valence-electron chi connectivity index (χ2n) is 10.5. The molecular weight excluding hydrogens is 388 g/mol. The number of Topliss-reactive ketones (excluding diaryl/α,β-unsaturated/α-hetero) is 1. The molecule has 0 spiro atoms. The number of carbonyl (C=O) groups is 3. The van der Waals surface area contributed by atoms with Crippen LogP contribution < -0.4 is 0 Å². The van der Waals surface area contributed by atoms with Crippen LogP contribution in [0.1, 0.15) is 59.8 Å². The minimum atomic E-state index is -1.03. The van der Waals surface area contributed by atoms with E-state index in [-0.39, 0.29) is 46.1 Å². The summed E-state index contributed by atoms with van der Waals surface area (Å²) in [5.41, 5.74) is -0.455. The molecule has 3 fully saturated rings. The largest absolute Gasteiger partial charge is 0.451 e. The Hall–Kier alpha value is -1.42. The lowest BCUT2D eigenvalue weighted by Crippen LogP contribution is -2.58. The van der Waals surface area contributed by atoms with Gasteiger partial charge in [-0.1, -0.05) is 31.5 Å². The van der Waals surface area contributed by atoms with Crippen molar-refractivity contribution in [2.45, 2.75) is 65.4 Å². The van der Waals surface area contributed by atoms with Crippen LogP contribution in [0.3, 0.4) is 0 Å². The van der Waals surface area contributed by atoms with Crippen LogP contribution in [0.2, 0.25) is 0 Å². The minimum Gasteiger partial charge on any atom is -0.451 e. The minimum absolute atomic E-state index is 0.0423. The van der Waals surface area contributed by atoms with Crippen molar-refractivity contribution in [1.29, 1.82) is 0 Å². The highest BCUT2D eigenvalue weighted by molar-refractivity contribution is 6.32. The molecule has 5 aliphatic carbocycles. The summed E-state index contributed by atoms with van der Waals surface area (Å²) in [6.07, 6.45) is 8.18. The Kier molecular flexibility index (Phi) is 3.93. The second-order valence-corrected chi connectivity index (χ2v) is 10.9. The average Bonchev–Trinajstić information content (AvgIpc) is 3.39. The number of carbonyl (C=O) groups excluding carboxylic acids is 3. The molecule has 5 aliphatic rings. The molecule has 0 heterocycles. The molecule has 8 atom stereocenters. The quantitative estimate of drug-likeness (QED) is 0.617. The van der Waals surface area contributed by atoms with E-state index in [4.69, 9.17) is 16.3 Å². The van der Waals surface area contributed by atoms with E-state index in [2.05, 4.69) is 19.9 Å². The van der Waals surface area contributed by atoms with Crippen molar-refractivity contribution in [1.82, 2.24) is 0 Å². The summed E-state index contributed by atoms with van der Waals surface area (Å²) >= 11 is 6.79. The fourth-order valence-electron chi connectivity index (χ4n) is 8.03. The first-order valence-electron chi connectivity index (χ1n) is 10.9. The van der Waals surface area contributed by atoms with Gasteiger partial charge in [0.25, 0.3) is 0 Å². The first-order chi connectivity index (χ1) is 13.6. The van der Waals surface area contributed by atoms with Gasteiger partial charge in [-0.2, -0.15) is 0 Å². The molecular formula is C24H29ClO4. The van der Waals surface area contributed by atoms with Crippen molar-refractivity contribution in [3.8, 4) is 0 Å². The van der Waals surface area contributed by atoms with Crippen LogP contribution in [-0.2, 0) is 19.1 Å². The third-order valence-corrected chi connectivity index (χ3v) is 9.83. The maximum Gasteiger partial charge on any atom is 0.303 e. The Labute approximate surface area is 177 Å². The molecule has 29 heavy (non-hydrogen) atoms. The summed E-state index contributed by atoms with van der Waals surface area (Å²) < 4.78 is 5.82. The van der Waals surface area contributed by atoms with Gasteiger partial charge in [-0.05, 0) is 74.3 Å². The number of esters is 1.